The minimum absolute atomic E-state index is 0.392. The van der Waals surface area contributed by atoms with Crippen LogP contribution in [0.2, 0.25) is 5.02 Å². The lowest BCUT2D eigenvalue weighted by Crippen LogP contribution is -2.46. The molecule has 0 aliphatic carbocycles. The Labute approximate surface area is 167 Å². The summed E-state index contributed by atoms with van der Waals surface area (Å²) in [7, 11) is 1.66. The highest BCUT2D eigenvalue weighted by molar-refractivity contribution is 6.30. The summed E-state index contributed by atoms with van der Waals surface area (Å²) in [6, 6.07) is 8.01. The van der Waals surface area contributed by atoms with E-state index in [9.17, 15) is 0 Å². The Morgan fingerprint density at radius 3 is 2.68 bits per heavy atom. The maximum absolute atomic E-state index is 6.10. The number of rotatable bonds is 7. The van der Waals surface area contributed by atoms with Crippen molar-refractivity contribution in [1.29, 1.82) is 0 Å². The van der Waals surface area contributed by atoms with Crippen LogP contribution in [0.25, 0.3) is 11.3 Å². The van der Waals surface area contributed by atoms with Crippen LogP contribution in [0.3, 0.4) is 0 Å². The van der Waals surface area contributed by atoms with Crippen molar-refractivity contribution >= 4 is 34.5 Å². The molecule has 148 valence electrons. The number of benzene rings is 1. The standard InChI is InChI=1S/C18H22ClN7O2/c1-27-10-5-20-17-18(22-16-15(21-17)23-28-24-16)26-8-6-25(7-9-26)12-13-3-2-4-14(19)11-13/h2-4,11H,5-10,12H2,1H3,(H,20,21,23). The number of nitrogens with one attached hydrogen (secondary N) is 1. The van der Waals surface area contributed by atoms with Gasteiger partial charge in [0.1, 0.15) is 0 Å². The lowest BCUT2D eigenvalue weighted by molar-refractivity contribution is 0.210. The van der Waals surface area contributed by atoms with Gasteiger partial charge < -0.3 is 15.0 Å². The van der Waals surface area contributed by atoms with E-state index in [1.165, 1.54) is 5.56 Å². The highest BCUT2D eigenvalue weighted by Gasteiger charge is 2.23. The first kappa shape index (κ1) is 18.9. The molecule has 0 atom stereocenters. The van der Waals surface area contributed by atoms with E-state index in [2.05, 4.69) is 41.5 Å². The van der Waals surface area contributed by atoms with Crippen molar-refractivity contribution in [2.45, 2.75) is 6.54 Å². The number of ether oxygens (including phenoxy) is 1. The fraction of sp³-hybridized carbons (Fsp3) is 0.444. The van der Waals surface area contributed by atoms with E-state index in [0.717, 1.165) is 43.6 Å². The minimum Gasteiger partial charge on any atom is -0.383 e. The second kappa shape index (κ2) is 8.68. The Bertz CT molecular complexity index is 927. The fourth-order valence-electron chi connectivity index (χ4n) is 3.25. The lowest BCUT2D eigenvalue weighted by Gasteiger charge is -2.35. The van der Waals surface area contributed by atoms with Crippen LogP contribution in [-0.4, -0.2) is 71.6 Å². The molecule has 0 unspecified atom stereocenters. The molecule has 0 radical (unpaired) electrons. The highest BCUT2D eigenvalue weighted by Crippen LogP contribution is 2.25. The first-order valence-corrected chi connectivity index (χ1v) is 9.55. The van der Waals surface area contributed by atoms with E-state index in [0.29, 0.717) is 30.3 Å². The van der Waals surface area contributed by atoms with Gasteiger partial charge in [0.15, 0.2) is 11.6 Å². The van der Waals surface area contributed by atoms with Crippen LogP contribution in [0, 0.1) is 0 Å². The van der Waals surface area contributed by atoms with Crippen LogP contribution in [-0.2, 0) is 11.3 Å². The summed E-state index contributed by atoms with van der Waals surface area (Å²) in [4.78, 5) is 13.7. The number of piperazine rings is 1. The van der Waals surface area contributed by atoms with Crippen LogP contribution in [0.4, 0.5) is 11.6 Å². The molecule has 1 N–H and O–H groups in total. The fourth-order valence-corrected chi connectivity index (χ4v) is 3.46. The van der Waals surface area contributed by atoms with E-state index in [-0.39, 0.29) is 0 Å². The number of hydrogen-bond acceptors (Lipinski definition) is 9. The number of hydrogen-bond donors (Lipinski definition) is 1. The third kappa shape index (κ3) is 4.32. The molecule has 3 heterocycles. The molecule has 0 bridgehead atoms. The number of fused-ring (bicyclic) bond motifs is 1. The SMILES string of the molecule is COCCNc1nc2nonc2nc1N1CCN(Cc2cccc(Cl)c2)CC1. The van der Waals surface area contributed by atoms with Gasteiger partial charge in [0.05, 0.1) is 6.61 Å². The van der Waals surface area contributed by atoms with Crippen molar-refractivity contribution in [1.82, 2.24) is 25.2 Å². The van der Waals surface area contributed by atoms with Gasteiger partial charge in [-0.15, -0.1) is 0 Å². The van der Waals surface area contributed by atoms with E-state index in [4.69, 9.17) is 21.0 Å². The van der Waals surface area contributed by atoms with Crippen molar-refractivity contribution in [3.05, 3.63) is 34.9 Å². The zero-order valence-electron chi connectivity index (χ0n) is 15.6. The predicted octanol–water partition coefficient (Wildman–Crippen LogP) is 2.05. The second-order valence-electron chi connectivity index (χ2n) is 6.62. The van der Waals surface area contributed by atoms with Gasteiger partial charge in [0, 0.05) is 51.4 Å². The predicted molar refractivity (Wildman–Crippen MR) is 107 cm³/mol. The normalized spacial score (nSPS) is 15.3. The van der Waals surface area contributed by atoms with Gasteiger partial charge in [-0.2, -0.15) is 0 Å². The Balaban J connectivity index is 1.45. The summed E-state index contributed by atoms with van der Waals surface area (Å²) in [6.07, 6.45) is 0. The molecule has 1 fully saturated rings. The van der Waals surface area contributed by atoms with E-state index in [1.54, 1.807) is 7.11 Å². The molecule has 1 aliphatic heterocycles. The summed E-state index contributed by atoms with van der Waals surface area (Å²) in [5.41, 5.74) is 2.02. The maximum atomic E-state index is 6.10. The van der Waals surface area contributed by atoms with Gasteiger partial charge in [-0.3, -0.25) is 4.90 Å². The maximum Gasteiger partial charge on any atom is 0.245 e. The summed E-state index contributed by atoms with van der Waals surface area (Å²) < 4.78 is 9.88. The van der Waals surface area contributed by atoms with Crippen molar-refractivity contribution in [2.75, 3.05) is 56.7 Å². The zero-order valence-corrected chi connectivity index (χ0v) is 16.4. The van der Waals surface area contributed by atoms with Crippen LogP contribution in [0.5, 0.6) is 0 Å². The molecular weight excluding hydrogens is 382 g/mol. The van der Waals surface area contributed by atoms with Crippen molar-refractivity contribution in [3.8, 4) is 0 Å². The molecule has 2 aromatic heterocycles. The molecular formula is C18H22ClN7O2. The monoisotopic (exact) mass is 403 g/mol. The number of anilines is 2. The molecule has 1 aromatic carbocycles. The van der Waals surface area contributed by atoms with Crippen LogP contribution in [0.1, 0.15) is 5.56 Å². The number of aromatic nitrogens is 4. The number of halogens is 1. The molecule has 28 heavy (non-hydrogen) atoms. The number of nitrogens with zero attached hydrogens (tertiary/aromatic N) is 6. The molecule has 0 amide bonds. The van der Waals surface area contributed by atoms with Gasteiger partial charge in [-0.25, -0.2) is 14.6 Å². The topological polar surface area (TPSA) is 92.4 Å². The van der Waals surface area contributed by atoms with Gasteiger partial charge in [0.2, 0.25) is 11.3 Å². The van der Waals surface area contributed by atoms with Gasteiger partial charge in [-0.1, -0.05) is 23.7 Å². The van der Waals surface area contributed by atoms with Crippen LogP contribution < -0.4 is 10.2 Å². The Kier molecular flexibility index (Phi) is 5.84. The second-order valence-corrected chi connectivity index (χ2v) is 7.06. The first-order chi connectivity index (χ1) is 13.7. The third-order valence-electron chi connectivity index (χ3n) is 4.66. The molecule has 0 spiro atoms. The molecule has 0 saturated carbocycles. The van der Waals surface area contributed by atoms with Crippen LogP contribution >= 0.6 is 11.6 Å². The molecule has 3 aromatic rings. The number of methoxy groups -OCH3 is 1. The third-order valence-corrected chi connectivity index (χ3v) is 4.90. The first-order valence-electron chi connectivity index (χ1n) is 9.18. The highest BCUT2D eigenvalue weighted by atomic mass is 35.5. The average Bonchev–Trinajstić information content (AvgIpc) is 3.16. The summed E-state index contributed by atoms with van der Waals surface area (Å²) in [6.45, 7) is 5.59. The largest absolute Gasteiger partial charge is 0.383 e. The van der Waals surface area contributed by atoms with Gasteiger partial charge in [0.25, 0.3) is 0 Å². The van der Waals surface area contributed by atoms with E-state index < -0.39 is 0 Å². The van der Waals surface area contributed by atoms with E-state index in [1.807, 2.05) is 18.2 Å². The summed E-state index contributed by atoms with van der Waals surface area (Å²) >= 11 is 6.10. The van der Waals surface area contributed by atoms with Crippen molar-refractivity contribution in [2.24, 2.45) is 0 Å². The zero-order chi connectivity index (χ0) is 19.3. The Hall–Kier alpha value is -2.49. The molecule has 4 rings (SSSR count). The Morgan fingerprint density at radius 1 is 1.14 bits per heavy atom. The smallest absolute Gasteiger partial charge is 0.245 e. The molecule has 1 aliphatic rings. The molecule has 10 heteroatoms. The van der Waals surface area contributed by atoms with Gasteiger partial charge >= 0.3 is 0 Å². The van der Waals surface area contributed by atoms with Crippen molar-refractivity contribution < 1.29 is 9.37 Å². The van der Waals surface area contributed by atoms with Crippen molar-refractivity contribution in [3.63, 3.8) is 0 Å². The quantitative estimate of drug-likeness (QED) is 0.595. The lowest BCUT2D eigenvalue weighted by atomic mass is 10.2. The summed E-state index contributed by atoms with van der Waals surface area (Å²) in [5, 5.41) is 11.7. The molecule has 1 saturated heterocycles. The summed E-state index contributed by atoms with van der Waals surface area (Å²) in [5.74, 6) is 1.44. The average molecular weight is 404 g/mol. The molecule has 9 nitrogen and oxygen atoms in total. The van der Waals surface area contributed by atoms with Gasteiger partial charge in [-0.05, 0) is 28.0 Å². The van der Waals surface area contributed by atoms with E-state index >= 15 is 0 Å². The minimum atomic E-state index is 0.392. The Morgan fingerprint density at radius 2 is 1.93 bits per heavy atom. The van der Waals surface area contributed by atoms with Crippen LogP contribution in [0.15, 0.2) is 28.9 Å².